The Balaban J connectivity index is 0.000000281. The molecule has 2 atom stereocenters. The van der Waals surface area contributed by atoms with Gasteiger partial charge in [0.25, 0.3) is 0 Å². The van der Waals surface area contributed by atoms with Gasteiger partial charge in [-0.25, -0.2) is 0 Å². The summed E-state index contributed by atoms with van der Waals surface area (Å²) in [4.78, 5) is 0. The highest BCUT2D eigenvalue weighted by Crippen LogP contribution is 2.43. The van der Waals surface area contributed by atoms with Crippen LogP contribution in [0.3, 0.4) is 0 Å². The van der Waals surface area contributed by atoms with E-state index in [1.165, 1.54) is 32.2 Å². The van der Waals surface area contributed by atoms with Crippen molar-refractivity contribution in [2.24, 2.45) is 5.92 Å². The van der Waals surface area contributed by atoms with Crippen molar-refractivity contribution in [1.29, 1.82) is 0 Å². The lowest BCUT2D eigenvalue weighted by Crippen LogP contribution is -2.53. The van der Waals surface area contributed by atoms with Crippen molar-refractivity contribution in [1.82, 2.24) is 5.32 Å². The fraction of sp³-hybridized carbons (Fsp3) is 1.00. The van der Waals surface area contributed by atoms with E-state index >= 15 is 0 Å². The molecular weight excluding hydrogens is 134 g/mol. The molecule has 0 aromatic heterocycles. The summed E-state index contributed by atoms with van der Waals surface area (Å²) in [6.45, 7) is 7.64. The predicted octanol–water partition coefficient (Wildman–Crippen LogP) is 2.56. The van der Waals surface area contributed by atoms with Gasteiger partial charge < -0.3 is 5.32 Å². The summed E-state index contributed by atoms with van der Waals surface area (Å²) in [6, 6.07) is 0. The molecule has 1 aliphatic heterocycles. The van der Waals surface area contributed by atoms with E-state index in [1.807, 2.05) is 13.8 Å². The zero-order valence-electron chi connectivity index (χ0n) is 8.11. The first-order valence-electron chi connectivity index (χ1n) is 5.08. The average molecular weight is 155 g/mol. The number of nitrogens with one attached hydrogen (secondary N) is 1. The van der Waals surface area contributed by atoms with Crippen LogP contribution in [0.4, 0.5) is 0 Å². The van der Waals surface area contributed by atoms with E-state index in [4.69, 9.17) is 0 Å². The van der Waals surface area contributed by atoms with Gasteiger partial charge in [0.15, 0.2) is 0 Å². The Labute approximate surface area is 70.6 Å². The lowest BCUT2D eigenvalue weighted by molar-refractivity contribution is 0.120. The summed E-state index contributed by atoms with van der Waals surface area (Å²) >= 11 is 0. The molecule has 2 aliphatic rings. The number of rotatable bonds is 0. The molecule has 1 spiro atoms. The third kappa shape index (κ3) is 1.44. The van der Waals surface area contributed by atoms with Crippen LogP contribution in [0.25, 0.3) is 0 Å². The molecule has 66 valence electrons. The van der Waals surface area contributed by atoms with Crippen LogP contribution in [-0.2, 0) is 0 Å². The maximum absolute atomic E-state index is 3.62. The van der Waals surface area contributed by atoms with Gasteiger partial charge in [-0.1, -0.05) is 20.8 Å². The van der Waals surface area contributed by atoms with Crippen LogP contribution in [0.2, 0.25) is 0 Å². The van der Waals surface area contributed by atoms with Crippen LogP contribution >= 0.6 is 0 Å². The Hall–Kier alpha value is -0.0400. The second-order valence-corrected chi connectivity index (χ2v) is 3.63. The molecule has 1 heterocycles. The highest BCUT2D eigenvalue weighted by atomic mass is 15.0. The van der Waals surface area contributed by atoms with Gasteiger partial charge in [0, 0.05) is 5.54 Å². The maximum Gasteiger partial charge on any atom is 0.0207 e. The van der Waals surface area contributed by atoms with Crippen molar-refractivity contribution in [3.8, 4) is 0 Å². The zero-order chi connectivity index (χ0) is 8.32. The van der Waals surface area contributed by atoms with Crippen molar-refractivity contribution in [3.05, 3.63) is 0 Å². The van der Waals surface area contributed by atoms with Gasteiger partial charge in [0.1, 0.15) is 0 Å². The van der Waals surface area contributed by atoms with E-state index in [0.29, 0.717) is 5.54 Å². The molecule has 1 aliphatic carbocycles. The molecule has 0 amide bonds. The highest BCUT2D eigenvalue weighted by molar-refractivity contribution is 5.03. The largest absolute Gasteiger partial charge is 0.311 e. The van der Waals surface area contributed by atoms with Crippen LogP contribution in [0, 0.1) is 5.92 Å². The normalized spacial score (nSPS) is 41.2. The van der Waals surface area contributed by atoms with Crippen molar-refractivity contribution < 1.29 is 0 Å². The Morgan fingerprint density at radius 1 is 1.27 bits per heavy atom. The third-order valence-corrected chi connectivity index (χ3v) is 3.24. The SMILES string of the molecule is CC.CC1CC[C@@]12CCCN2. The van der Waals surface area contributed by atoms with E-state index in [9.17, 15) is 0 Å². The van der Waals surface area contributed by atoms with E-state index in [1.54, 1.807) is 0 Å². The van der Waals surface area contributed by atoms with Gasteiger partial charge >= 0.3 is 0 Å². The highest BCUT2D eigenvalue weighted by Gasteiger charge is 2.45. The molecule has 2 rings (SSSR count). The summed E-state index contributed by atoms with van der Waals surface area (Å²) in [5, 5.41) is 3.62. The quantitative estimate of drug-likeness (QED) is 0.567. The first-order valence-corrected chi connectivity index (χ1v) is 5.08. The minimum absolute atomic E-state index is 0.625. The van der Waals surface area contributed by atoms with Crippen LogP contribution < -0.4 is 5.32 Å². The molecular formula is C10H21N. The molecule has 1 saturated heterocycles. The summed E-state index contributed by atoms with van der Waals surface area (Å²) in [7, 11) is 0. The van der Waals surface area contributed by atoms with Gasteiger partial charge in [-0.15, -0.1) is 0 Å². The summed E-state index contributed by atoms with van der Waals surface area (Å²) in [6.07, 6.45) is 5.74. The first-order chi connectivity index (χ1) is 5.33. The molecule has 2 fully saturated rings. The molecule has 1 N–H and O–H groups in total. The van der Waals surface area contributed by atoms with Crippen LogP contribution in [0.15, 0.2) is 0 Å². The average Bonchev–Trinajstić information content (AvgIpc) is 2.56. The Bertz CT molecular complexity index is 114. The Kier molecular flexibility index (Phi) is 2.94. The summed E-state index contributed by atoms with van der Waals surface area (Å²) in [5.41, 5.74) is 0.625. The van der Waals surface area contributed by atoms with E-state index in [0.717, 1.165) is 5.92 Å². The maximum atomic E-state index is 3.62. The number of hydrogen-bond acceptors (Lipinski definition) is 1. The molecule has 1 saturated carbocycles. The molecule has 1 heteroatoms. The lowest BCUT2D eigenvalue weighted by atomic mass is 9.67. The van der Waals surface area contributed by atoms with Gasteiger partial charge in [-0.3, -0.25) is 0 Å². The lowest BCUT2D eigenvalue weighted by Gasteiger charge is -2.45. The molecule has 0 aromatic rings. The van der Waals surface area contributed by atoms with Crippen molar-refractivity contribution in [3.63, 3.8) is 0 Å². The smallest absolute Gasteiger partial charge is 0.0207 e. The summed E-state index contributed by atoms with van der Waals surface area (Å²) in [5.74, 6) is 0.958. The minimum Gasteiger partial charge on any atom is -0.311 e. The monoisotopic (exact) mass is 155 g/mol. The van der Waals surface area contributed by atoms with Crippen LogP contribution in [-0.4, -0.2) is 12.1 Å². The van der Waals surface area contributed by atoms with Crippen LogP contribution in [0.5, 0.6) is 0 Å². The predicted molar refractivity (Wildman–Crippen MR) is 49.7 cm³/mol. The first kappa shape index (κ1) is 9.05. The van der Waals surface area contributed by atoms with Gasteiger partial charge in [0.2, 0.25) is 0 Å². The van der Waals surface area contributed by atoms with Crippen LogP contribution in [0.1, 0.15) is 46.5 Å². The second-order valence-electron chi connectivity index (χ2n) is 3.63. The topological polar surface area (TPSA) is 12.0 Å². The van der Waals surface area contributed by atoms with E-state index < -0.39 is 0 Å². The van der Waals surface area contributed by atoms with Crippen molar-refractivity contribution >= 4 is 0 Å². The molecule has 0 aromatic carbocycles. The fourth-order valence-electron chi connectivity index (χ4n) is 2.25. The van der Waals surface area contributed by atoms with Gasteiger partial charge in [0.05, 0.1) is 0 Å². The third-order valence-electron chi connectivity index (χ3n) is 3.24. The fourth-order valence-corrected chi connectivity index (χ4v) is 2.25. The van der Waals surface area contributed by atoms with E-state index in [2.05, 4.69) is 12.2 Å². The second kappa shape index (κ2) is 3.57. The summed E-state index contributed by atoms with van der Waals surface area (Å²) < 4.78 is 0. The van der Waals surface area contributed by atoms with Crippen molar-refractivity contribution in [2.45, 2.75) is 52.0 Å². The Morgan fingerprint density at radius 3 is 2.18 bits per heavy atom. The van der Waals surface area contributed by atoms with E-state index in [-0.39, 0.29) is 0 Å². The zero-order valence-corrected chi connectivity index (χ0v) is 8.11. The minimum atomic E-state index is 0.625. The van der Waals surface area contributed by atoms with Gasteiger partial charge in [-0.05, 0) is 38.1 Å². The molecule has 11 heavy (non-hydrogen) atoms. The standard InChI is InChI=1S/C8H15N.C2H6/c1-7-3-5-8(7)4-2-6-9-8;1-2/h7,9H,2-6H2,1H3;1-2H3/t7?,8-;/m0./s1. The number of hydrogen-bond donors (Lipinski definition) is 1. The van der Waals surface area contributed by atoms with Crippen molar-refractivity contribution in [2.75, 3.05) is 6.54 Å². The van der Waals surface area contributed by atoms with Gasteiger partial charge in [-0.2, -0.15) is 0 Å². The molecule has 1 unspecified atom stereocenters. The molecule has 0 bridgehead atoms. The Morgan fingerprint density at radius 2 is 2.00 bits per heavy atom. The molecule has 1 nitrogen and oxygen atoms in total. The molecule has 0 radical (unpaired) electrons.